The van der Waals surface area contributed by atoms with Gasteiger partial charge < -0.3 is 10.6 Å². The summed E-state index contributed by atoms with van der Waals surface area (Å²) < 4.78 is 1.96. The van der Waals surface area contributed by atoms with E-state index in [9.17, 15) is 4.79 Å². The number of nitrogens with zero attached hydrogens (tertiary/aromatic N) is 1. The van der Waals surface area contributed by atoms with Crippen LogP contribution in [-0.4, -0.2) is 11.9 Å². The van der Waals surface area contributed by atoms with Gasteiger partial charge in [0.25, 0.3) is 11.7 Å². The predicted molar refractivity (Wildman–Crippen MR) is 110 cm³/mol. The van der Waals surface area contributed by atoms with Crippen LogP contribution in [0.2, 0.25) is 0 Å². The Bertz CT molecular complexity index is 900. The van der Waals surface area contributed by atoms with Crippen molar-refractivity contribution in [3.63, 3.8) is 0 Å². The topological polar surface area (TPSA) is 57.0 Å². The second kappa shape index (κ2) is 8.08. The molecule has 1 atom stereocenters. The molecule has 1 amide bonds. The molecule has 27 heavy (non-hydrogen) atoms. The molecule has 1 aromatic heterocycles. The fourth-order valence-corrected chi connectivity index (χ4v) is 3.09. The number of pyridine rings is 1. The maximum Gasteiger partial charge on any atom is 0.279 e. The van der Waals surface area contributed by atoms with Crippen molar-refractivity contribution in [2.24, 2.45) is 7.05 Å². The molecule has 0 spiro atoms. The number of nitrogens with one attached hydrogen (secondary N) is 3. The van der Waals surface area contributed by atoms with E-state index in [1.165, 1.54) is 0 Å². The minimum absolute atomic E-state index is 0.109. The Balaban J connectivity index is 1.74. The quantitative estimate of drug-likeness (QED) is 0.709. The van der Waals surface area contributed by atoms with E-state index in [0.717, 1.165) is 34.8 Å². The summed E-state index contributed by atoms with van der Waals surface area (Å²) in [5.41, 5.74) is 4.56. The van der Waals surface area contributed by atoms with Gasteiger partial charge in [-0.3, -0.25) is 4.79 Å². The number of carbonyl (C=O) groups is 1. The maximum atomic E-state index is 12.8. The zero-order valence-corrected chi connectivity index (χ0v) is 16.3. The van der Waals surface area contributed by atoms with Crippen LogP contribution in [0.5, 0.6) is 0 Å². The van der Waals surface area contributed by atoms with Gasteiger partial charge >= 0.3 is 0 Å². The summed E-state index contributed by atoms with van der Waals surface area (Å²) in [5.74, 6) is 0.831. The second-order valence-corrected chi connectivity index (χ2v) is 6.87. The van der Waals surface area contributed by atoms with E-state index < -0.39 is 0 Å². The van der Waals surface area contributed by atoms with Crippen molar-refractivity contribution in [1.29, 1.82) is 0 Å². The number of para-hydroxylation sites is 1. The van der Waals surface area contributed by atoms with E-state index >= 15 is 0 Å². The number of carbonyl (C=O) groups excluding carboxylic acids is 1. The van der Waals surface area contributed by atoms with Crippen LogP contribution in [0.4, 0.5) is 17.2 Å². The summed E-state index contributed by atoms with van der Waals surface area (Å²) in [6.07, 6.45) is 5.02. The highest BCUT2D eigenvalue weighted by molar-refractivity contribution is 6.04. The van der Waals surface area contributed by atoms with E-state index in [1.54, 1.807) is 0 Å². The lowest BCUT2D eigenvalue weighted by atomic mass is 9.98. The van der Waals surface area contributed by atoms with Crippen LogP contribution in [0.1, 0.15) is 27.2 Å². The van der Waals surface area contributed by atoms with Gasteiger partial charge in [-0.05, 0) is 49.6 Å². The first-order valence-corrected chi connectivity index (χ1v) is 9.27. The lowest BCUT2D eigenvalue weighted by Crippen LogP contribution is -2.37. The molecule has 0 saturated carbocycles. The smallest absolute Gasteiger partial charge is 0.279 e. The van der Waals surface area contributed by atoms with E-state index in [4.69, 9.17) is 0 Å². The highest BCUT2D eigenvalue weighted by Gasteiger charge is 2.21. The number of benzene rings is 1. The SMILES string of the molecule is CCC1C=C(C)C(C)=C(C(=O)Nc2ccc(Nc3ccccc3)[n+](C)c2)N1. The van der Waals surface area contributed by atoms with Crippen molar-refractivity contribution in [2.75, 3.05) is 10.6 Å². The largest absolute Gasteiger partial charge is 0.374 e. The molecule has 0 aliphatic carbocycles. The predicted octanol–water partition coefficient (Wildman–Crippen LogP) is 3.80. The first-order valence-electron chi connectivity index (χ1n) is 9.27. The number of anilines is 3. The monoisotopic (exact) mass is 363 g/mol. The van der Waals surface area contributed by atoms with Gasteiger partial charge in [-0.25, -0.2) is 9.88 Å². The van der Waals surface area contributed by atoms with Crippen LogP contribution in [-0.2, 0) is 11.8 Å². The Hall–Kier alpha value is -3.08. The highest BCUT2D eigenvalue weighted by Crippen LogP contribution is 2.21. The molecule has 1 aliphatic heterocycles. The minimum Gasteiger partial charge on any atom is -0.374 e. The molecular formula is C22H27N4O+. The number of rotatable bonds is 5. The van der Waals surface area contributed by atoms with Gasteiger partial charge in [0.1, 0.15) is 17.6 Å². The number of aryl methyl sites for hydroxylation is 1. The summed E-state index contributed by atoms with van der Waals surface area (Å²) >= 11 is 0. The van der Waals surface area contributed by atoms with Crippen LogP contribution < -0.4 is 20.5 Å². The summed E-state index contributed by atoms with van der Waals surface area (Å²) in [5, 5.41) is 9.70. The molecular weight excluding hydrogens is 336 g/mol. The molecule has 2 heterocycles. The molecule has 1 unspecified atom stereocenters. The molecule has 0 fully saturated rings. The van der Waals surface area contributed by atoms with E-state index in [0.29, 0.717) is 5.70 Å². The molecule has 0 bridgehead atoms. The lowest BCUT2D eigenvalue weighted by Gasteiger charge is -2.25. The van der Waals surface area contributed by atoms with Crippen molar-refractivity contribution in [1.82, 2.24) is 5.32 Å². The Labute approximate surface area is 160 Å². The number of aromatic nitrogens is 1. The van der Waals surface area contributed by atoms with Crippen molar-refractivity contribution in [3.8, 4) is 0 Å². The number of dihydropyridines is 1. The molecule has 3 rings (SSSR count). The van der Waals surface area contributed by atoms with E-state index in [-0.39, 0.29) is 11.9 Å². The number of hydrogen-bond donors (Lipinski definition) is 3. The standard InChI is InChI=1S/C22H26N4O/c1-5-17-13-15(2)16(3)21(24-17)22(27)25-19-11-12-20(26(4)14-19)23-18-9-7-6-8-10-18/h6-14,17,24H,5H2,1-4H3,(H,25,27)/p+1. The van der Waals surface area contributed by atoms with Crippen molar-refractivity contribution >= 4 is 23.1 Å². The van der Waals surface area contributed by atoms with Crippen molar-refractivity contribution in [2.45, 2.75) is 33.2 Å². The molecule has 5 nitrogen and oxygen atoms in total. The maximum absolute atomic E-state index is 12.8. The summed E-state index contributed by atoms with van der Waals surface area (Å²) in [6.45, 7) is 6.14. The van der Waals surface area contributed by atoms with E-state index in [1.807, 2.05) is 67.2 Å². The first-order chi connectivity index (χ1) is 13.0. The molecule has 0 radical (unpaired) electrons. The molecule has 1 aromatic carbocycles. The van der Waals surface area contributed by atoms with Gasteiger partial charge in [0.15, 0.2) is 0 Å². The minimum atomic E-state index is -0.109. The number of hydrogen-bond acceptors (Lipinski definition) is 3. The summed E-state index contributed by atoms with van der Waals surface area (Å²) in [7, 11) is 1.95. The normalized spacial score (nSPS) is 16.4. The van der Waals surface area contributed by atoms with E-state index in [2.05, 4.69) is 35.9 Å². The van der Waals surface area contributed by atoms with Gasteiger partial charge in [0.05, 0.1) is 12.7 Å². The fourth-order valence-electron chi connectivity index (χ4n) is 3.09. The highest BCUT2D eigenvalue weighted by atomic mass is 16.2. The van der Waals surface area contributed by atoms with Gasteiger partial charge in [0, 0.05) is 12.1 Å². The third-order valence-corrected chi connectivity index (χ3v) is 4.85. The third-order valence-electron chi connectivity index (χ3n) is 4.85. The van der Waals surface area contributed by atoms with Gasteiger partial charge in [-0.2, -0.15) is 0 Å². The Morgan fingerprint density at radius 3 is 2.52 bits per heavy atom. The van der Waals surface area contributed by atoms with Crippen LogP contribution in [0, 0.1) is 0 Å². The van der Waals surface area contributed by atoms with Crippen LogP contribution in [0.3, 0.4) is 0 Å². The van der Waals surface area contributed by atoms with Crippen molar-refractivity contribution in [3.05, 3.63) is 71.6 Å². The number of allylic oxidation sites excluding steroid dienone is 2. The van der Waals surface area contributed by atoms with Gasteiger partial charge in [0.2, 0.25) is 0 Å². The Kier molecular flexibility index (Phi) is 5.60. The van der Waals surface area contributed by atoms with Gasteiger partial charge in [-0.15, -0.1) is 0 Å². The molecule has 5 heteroatoms. The molecule has 0 saturated heterocycles. The molecule has 140 valence electrons. The average molecular weight is 363 g/mol. The molecule has 2 aromatic rings. The molecule has 1 aliphatic rings. The third kappa shape index (κ3) is 4.37. The zero-order chi connectivity index (χ0) is 19.4. The zero-order valence-electron chi connectivity index (χ0n) is 16.3. The van der Waals surface area contributed by atoms with Crippen LogP contribution >= 0.6 is 0 Å². The summed E-state index contributed by atoms with van der Waals surface area (Å²) in [6, 6.07) is 14.1. The second-order valence-electron chi connectivity index (χ2n) is 6.87. The Morgan fingerprint density at radius 1 is 1.11 bits per heavy atom. The lowest BCUT2D eigenvalue weighted by molar-refractivity contribution is -0.656. The Morgan fingerprint density at radius 2 is 1.85 bits per heavy atom. The first kappa shape index (κ1) is 18.7. The summed E-state index contributed by atoms with van der Waals surface area (Å²) in [4.78, 5) is 12.8. The fraction of sp³-hybridized carbons (Fsp3) is 0.273. The average Bonchev–Trinajstić information content (AvgIpc) is 2.66. The van der Waals surface area contributed by atoms with Crippen molar-refractivity contribution < 1.29 is 9.36 Å². The van der Waals surface area contributed by atoms with Gasteiger partial charge in [-0.1, -0.05) is 31.2 Å². The van der Waals surface area contributed by atoms with Crippen LogP contribution in [0.15, 0.2) is 71.6 Å². The number of amides is 1. The van der Waals surface area contributed by atoms with Crippen LogP contribution in [0.25, 0.3) is 0 Å². The molecule has 3 N–H and O–H groups in total.